The molecule has 0 saturated heterocycles. The van der Waals surface area contributed by atoms with Crippen LogP contribution in [0.3, 0.4) is 0 Å². The second-order valence-corrected chi connectivity index (χ2v) is 6.33. The average Bonchev–Trinajstić information content (AvgIpc) is 3.06. The molecule has 0 saturated carbocycles. The molecule has 8 heteroatoms. The highest BCUT2D eigenvalue weighted by molar-refractivity contribution is 6.30. The molecule has 0 aliphatic rings. The topological polar surface area (TPSA) is 88.8 Å². The van der Waals surface area contributed by atoms with Gasteiger partial charge in [0, 0.05) is 24.5 Å². The summed E-state index contributed by atoms with van der Waals surface area (Å²) in [5, 5.41) is 3.61. The van der Waals surface area contributed by atoms with Crippen LogP contribution in [0.2, 0.25) is 5.02 Å². The molecule has 2 aromatic heterocycles. The van der Waals surface area contributed by atoms with Crippen molar-refractivity contribution >= 4 is 34.3 Å². The number of benzene rings is 2. The summed E-state index contributed by atoms with van der Waals surface area (Å²) in [7, 11) is 0. The van der Waals surface area contributed by atoms with Gasteiger partial charge in [-0.05, 0) is 42.0 Å². The van der Waals surface area contributed by atoms with Crippen molar-refractivity contribution in [3.8, 4) is 11.6 Å². The van der Waals surface area contributed by atoms with E-state index in [2.05, 4.69) is 20.3 Å². The molecule has 0 unspecified atom stereocenters. The van der Waals surface area contributed by atoms with E-state index >= 15 is 0 Å². The van der Waals surface area contributed by atoms with Crippen molar-refractivity contribution in [3.63, 3.8) is 0 Å². The van der Waals surface area contributed by atoms with E-state index in [1.807, 2.05) is 12.1 Å². The van der Waals surface area contributed by atoms with Gasteiger partial charge in [0.15, 0.2) is 11.6 Å². The quantitative estimate of drug-likeness (QED) is 0.433. The van der Waals surface area contributed by atoms with Crippen molar-refractivity contribution in [2.45, 2.75) is 6.54 Å². The van der Waals surface area contributed by atoms with Gasteiger partial charge >= 0.3 is 0 Å². The van der Waals surface area contributed by atoms with Crippen LogP contribution in [-0.2, 0) is 6.54 Å². The van der Waals surface area contributed by atoms with E-state index in [4.69, 9.17) is 22.1 Å². The molecule has 0 aliphatic carbocycles. The lowest BCUT2D eigenvalue weighted by Crippen LogP contribution is -2.01. The summed E-state index contributed by atoms with van der Waals surface area (Å²) in [4.78, 5) is 11.5. The van der Waals surface area contributed by atoms with Crippen LogP contribution in [0.5, 0.6) is 11.6 Å². The molecule has 0 bridgehead atoms. The van der Waals surface area contributed by atoms with Gasteiger partial charge in [0.1, 0.15) is 0 Å². The highest BCUT2D eigenvalue weighted by atomic mass is 35.5. The Balaban J connectivity index is 1.44. The number of nitrogens with two attached hydrogens (primary N) is 1. The molecule has 0 fully saturated rings. The van der Waals surface area contributed by atoms with Crippen LogP contribution < -0.4 is 15.8 Å². The molecule has 2 aromatic carbocycles. The molecule has 0 radical (unpaired) electrons. The predicted octanol–water partition coefficient (Wildman–Crippen LogP) is 4.74. The molecule has 6 nitrogen and oxygen atoms in total. The molecule has 0 aliphatic heterocycles. The third kappa shape index (κ3) is 3.93. The summed E-state index contributed by atoms with van der Waals surface area (Å²) in [5.74, 6) is 0.462. The van der Waals surface area contributed by atoms with E-state index in [9.17, 15) is 4.39 Å². The van der Waals surface area contributed by atoms with Gasteiger partial charge in [-0.1, -0.05) is 17.7 Å². The first-order valence-electron chi connectivity index (χ1n) is 8.14. The van der Waals surface area contributed by atoms with Crippen molar-refractivity contribution in [2.75, 3.05) is 11.1 Å². The van der Waals surface area contributed by atoms with Crippen molar-refractivity contribution in [1.29, 1.82) is 0 Å². The summed E-state index contributed by atoms with van der Waals surface area (Å²) in [6.07, 6.45) is 1.44. The number of H-pyrrole nitrogens is 1. The number of imidazole rings is 1. The second kappa shape index (κ2) is 7.13. The number of aromatic nitrogens is 3. The summed E-state index contributed by atoms with van der Waals surface area (Å²) in [6, 6.07) is 13.4. The Bertz CT molecular complexity index is 1100. The number of anilines is 2. The van der Waals surface area contributed by atoms with E-state index in [-0.39, 0.29) is 11.6 Å². The average molecular weight is 384 g/mol. The van der Waals surface area contributed by atoms with E-state index in [1.165, 1.54) is 12.3 Å². The zero-order valence-corrected chi connectivity index (χ0v) is 14.8. The second-order valence-electron chi connectivity index (χ2n) is 5.90. The van der Waals surface area contributed by atoms with Crippen LogP contribution >= 0.6 is 11.6 Å². The van der Waals surface area contributed by atoms with Crippen molar-refractivity contribution in [2.24, 2.45) is 0 Å². The Labute approximate surface area is 159 Å². The first kappa shape index (κ1) is 17.1. The molecule has 136 valence electrons. The zero-order valence-electron chi connectivity index (χ0n) is 14.0. The molecule has 4 rings (SSSR count). The fourth-order valence-electron chi connectivity index (χ4n) is 2.57. The molecule has 0 atom stereocenters. The number of hydrogen-bond donors (Lipinski definition) is 3. The third-order valence-electron chi connectivity index (χ3n) is 3.88. The fraction of sp³-hybridized carbons (Fsp3) is 0.0526. The lowest BCUT2D eigenvalue weighted by molar-refractivity contribution is 0.427. The van der Waals surface area contributed by atoms with Gasteiger partial charge in [0.25, 0.3) is 0 Å². The molecular formula is C19H15ClFN5O. The lowest BCUT2D eigenvalue weighted by atomic mass is 10.2. The number of rotatable bonds is 5. The Morgan fingerprint density at radius 2 is 2.04 bits per heavy atom. The SMILES string of the molecule is Nc1ccc2nc(NCc3ccc(Oc4ccc(Cl)cn4)c(F)c3)[nH]c2c1. The number of aromatic amines is 1. The fourth-order valence-corrected chi connectivity index (χ4v) is 2.68. The van der Waals surface area contributed by atoms with Crippen LogP contribution in [0, 0.1) is 5.82 Å². The molecule has 0 spiro atoms. The Morgan fingerprint density at radius 3 is 2.81 bits per heavy atom. The number of ether oxygens (including phenoxy) is 1. The van der Waals surface area contributed by atoms with Gasteiger partial charge in [0.05, 0.1) is 16.1 Å². The number of pyridine rings is 1. The van der Waals surface area contributed by atoms with Crippen molar-refractivity contribution in [3.05, 3.63) is 71.1 Å². The Kier molecular flexibility index (Phi) is 4.52. The maximum atomic E-state index is 14.3. The molecular weight excluding hydrogens is 369 g/mol. The smallest absolute Gasteiger partial charge is 0.219 e. The van der Waals surface area contributed by atoms with Gasteiger partial charge in [-0.15, -0.1) is 0 Å². The minimum Gasteiger partial charge on any atom is -0.436 e. The van der Waals surface area contributed by atoms with Crippen LogP contribution in [-0.4, -0.2) is 15.0 Å². The van der Waals surface area contributed by atoms with Crippen LogP contribution in [0.4, 0.5) is 16.0 Å². The monoisotopic (exact) mass is 383 g/mol. The maximum Gasteiger partial charge on any atom is 0.219 e. The predicted molar refractivity (Wildman–Crippen MR) is 104 cm³/mol. The first-order chi connectivity index (χ1) is 13.1. The summed E-state index contributed by atoms with van der Waals surface area (Å²) >= 11 is 5.77. The highest BCUT2D eigenvalue weighted by Crippen LogP contribution is 2.25. The summed E-state index contributed by atoms with van der Waals surface area (Å²) < 4.78 is 19.7. The van der Waals surface area contributed by atoms with Gasteiger partial charge in [-0.2, -0.15) is 0 Å². The van der Waals surface area contributed by atoms with Gasteiger partial charge in [0.2, 0.25) is 11.8 Å². The molecule has 4 aromatic rings. The molecule has 2 heterocycles. The van der Waals surface area contributed by atoms with Gasteiger partial charge in [-0.3, -0.25) is 0 Å². The lowest BCUT2D eigenvalue weighted by Gasteiger charge is -2.08. The van der Waals surface area contributed by atoms with Crippen LogP contribution in [0.15, 0.2) is 54.7 Å². The minimum absolute atomic E-state index is 0.0905. The van der Waals surface area contributed by atoms with E-state index in [0.29, 0.717) is 23.2 Å². The molecule has 4 N–H and O–H groups in total. The summed E-state index contributed by atoms with van der Waals surface area (Å²) in [5.41, 5.74) is 8.80. The third-order valence-corrected chi connectivity index (χ3v) is 4.10. The first-order valence-corrected chi connectivity index (χ1v) is 8.51. The van der Waals surface area contributed by atoms with Gasteiger partial charge < -0.3 is 20.8 Å². The number of nitrogens with one attached hydrogen (secondary N) is 2. The zero-order chi connectivity index (χ0) is 18.8. The number of fused-ring (bicyclic) bond motifs is 1. The molecule has 27 heavy (non-hydrogen) atoms. The van der Waals surface area contributed by atoms with Crippen LogP contribution in [0.25, 0.3) is 11.0 Å². The van der Waals surface area contributed by atoms with Crippen molar-refractivity contribution < 1.29 is 9.13 Å². The highest BCUT2D eigenvalue weighted by Gasteiger charge is 2.08. The van der Waals surface area contributed by atoms with E-state index in [0.717, 1.165) is 16.6 Å². The number of nitrogen functional groups attached to an aromatic ring is 1. The largest absolute Gasteiger partial charge is 0.436 e. The molecule has 0 amide bonds. The number of nitrogens with zero attached hydrogens (tertiary/aromatic N) is 2. The maximum absolute atomic E-state index is 14.3. The Hall–Kier alpha value is -3.32. The Morgan fingerprint density at radius 1 is 1.15 bits per heavy atom. The number of hydrogen-bond acceptors (Lipinski definition) is 5. The van der Waals surface area contributed by atoms with Crippen molar-refractivity contribution in [1.82, 2.24) is 15.0 Å². The standard InChI is InChI=1S/C19H15ClFN5O/c20-12-2-6-18(23-10-12)27-17-5-1-11(7-14(17)21)9-24-19-25-15-4-3-13(22)8-16(15)26-19/h1-8,10H,9,22H2,(H2,24,25,26). The normalized spacial score (nSPS) is 10.9. The summed E-state index contributed by atoms with van der Waals surface area (Å²) in [6.45, 7) is 0.395. The minimum atomic E-state index is -0.483. The van der Waals surface area contributed by atoms with Gasteiger partial charge in [-0.25, -0.2) is 14.4 Å². The van der Waals surface area contributed by atoms with E-state index in [1.54, 1.807) is 30.3 Å². The number of halogens is 2. The van der Waals surface area contributed by atoms with Crippen LogP contribution in [0.1, 0.15) is 5.56 Å². The van der Waals surface area contributed by atoms with E-state index < -0.39 is 5.82 Å².